The molecule has 6 heteroatoms. The molecule has 0 rings (SSSR count). The minimum absolute atomic E-state index is 0.112. The molecule has 0 aromatic heterocycles. The maximum Gasteiger partial charge on any atom is 0.306 e. The van der Waals surface area contributed by atoms with Crippen molar-refractivity contribution in [3.05, 3.63) is 85.1 Å². The number of hydrogen-bond donors (Lipinski definition) is 0. The van der Waals surface area contributed by atoms with Gasteiger partial charge in [0.2, 0.25) is 0 Å². The second-order valence-electron chi connectivity index (χ2n) is 19.6. The lowest BCUT2D eigenvalue weighted by molar-refractivity contribution is -0.167. The highest BCUT2D eigenvalue weighted by molar-refractivity contribution is 5.71. The smallest absolute Gasteiger partial charge is 0.306 e. The van der Waals surface area contributed by atoms with Gasteiger partial charge >= 0.3 is 17.9 Å². The molecule has 0 bridgehead atoms. The summed E-state index contributed by atoms with van der Waals surface area (Å²) in [5.74, 6) is -1.02. The number of unbranched alkanes of at least 4 members (excludes halogenated alkanes) is 28. The Bertz CT molecular complexity index is 1350. The van der Waals surface area contributed by atoms with Gasteiger partial charge in [-0.3, -0.25) is 14.4 Å². The van der Waals surface area contributed by atoms with E-state index in [0.717, 1.165) is 64.2 Å². The highest BCUT2D eigenvalue weighted by Gasteiger charge is 2.19. The Morgan fingerprint density at radius 2 is 0.529 bits per heavy atom. The normalized spacial score (nSPS) is 12.7. The van der Waals surface area contributed by atoms with Crippen molar-refractivity contribution < 1.29 is 28.6 Å². The van der Waals surface area contributed by atoms with Gasteiger partial charge in [0.05, 0.1) is 0 Å². The first-order chi connectivity index (χ1) is 34.5. The van der Waals surface area contributed by atoms with Crippen LogP contribution in [0.4, 0.5) is 0 Å². The Hall–Kier alpha value is -3.41. The van der Waals surface area contributed by atoms with Gasteiger partial charge in [0.25, 0.3) is 0 Å². The maximum atomic E-state index is 12.8. The summed E-state index contributed by atoms with van der Waals surface area (Å²) < 4.78 is 16.8. The summed E-state index contributed by atoms with van der Waals surface area (Å²) in [6.45, 7) is 6.54. The summed E-state index contributed by atoms with van der Waals surface area (Å²) in [6.07, 6.45) is 75.9. The van der Waals surface area contributed by atoms with Crippen molar-refractivity contribution in [2.75, 3.05) is 13.2 Å². The first-order valence-corrected chi connectivity index (χ1v) is 29.6. The Labute approximate surface area is 433 Å². The van der Waals surface area contributed by atoms with Crippen LogP contribution in [-0.2, 0) is 28.6 Å². The van der Waals surface area contributed by atoms with Crippen molar-refractivity contribution in [1.82, 2.24) is 0 Å². The Morgan fingerprint density at radius 1 is 0.286 bits per heavy atom. The van der Waals surface area contributed by atoms with E-state index in [0.29, 0.717) is 19.3 Å². The molecular weight excluding hydrogens is 865 g/mol. The number of carbonyl (C=O) groups is 3. The molecule has 0 saturated heterocycles. The quantitative estimate of drug-likeness (QED) is 0.0261. The van der Waals surface area contributed by atoms with Crippen LogP contribution in [0.5, 0.6) is 0 Å². The summed E-state index contributed by atoms with van der Waals surface area (Å²) in [4.78, 5) is 38.1. The summed E-state index contributed by atoms with van der Waals surface area (Å²) in [6, 6.07) is 0. The van der Waals surface area contributed by atoms with Crippen molar-refractivity contribution in [3.63, 3.8) is 0 Å². The summed E-state index contributed by atoms with van der Waals surface area (Å²) >= 11 is 0. The van der Waals surface area contributed by atoms with E-state index in [2.05, 4.69) is 106 Å². The van der Waals surface area contributed by atoms with E-state index >= 15 is 0 Å². The number of rotatable bonds is 53. The molecule has 1 atom stereocenters. The zero-order valence-electron chi connectivity index (χ0n) is 46.0. The Kier molecular flexibility index (Phi) is 55.3. The van der Waals surface area contributed by atoms with Crippen molar-refractivity contribution in [3.8, 4) is 0 Å². The van der Waals surface area contributed by atoms with Gasteiger partial charge in [-0.2, -0.15) is 0 Å². The first-order valence-electron chi connectivity index (χ1n) is 29.6. The molecule has 0 aliphatic carbocycles. The predicted octanol–water partition coefficient (Wildman–Crippen LogP) is 19.9. The maximum absolute atomic E-state index is 12.8. The predicted molar refractivity (Wildman–Crippen MR) is 302 cm³/mol. The van der Waals surface area contributed by atoms with E-state index < -0.39 is 6.10 Å². The van der Waals surface area contributed by atoms with Crippen LogP contribution in [0.1, 0.15) is 284 Å². The van der Waals surface area contributed by atoms with E-state index in [-0.39, 0.29) is 44.0 Å². The van der Waals surface area contributed by atoms with E-state index in [1.165, 1.54) is 167 Å². The summed E-state index contributed by atoms with van der Waals surface area (Å²) in [7, 11) is 0. The molecule has 402 valence electrons. The van der Waals surface area contributed by atoms with Gasteiger partial charge in [-0.05, 0) is 89.9 Å². The van der Waals surface area contributed by atoms with Crippen LogP contribution in [0.15, 0.2) is 85.1 Å². The van der Waals surface area contributed by atoms with E-state index in [9.17, 15) is 14.4 Å². The van der Waals surface area contributed by atoms with Crippen LogP contribution in [0.2, 0.25) is 0 Å². The molecule has 0 aromatic carbocycles. The van der Waals surface area contributed by atoms with Crippen LogP contribution in [0, 0.1) is 0 Å². The molecule has 0 saturated carbocycles. The molecule has 0 fully saturated rings. The van der Waals surface area contributed by atoms with Crippen LogP contribution < -0.4 is 0 Å². The lowest BCUT2D eigenvalue weighted by Gasteiger charge is -2.18. The van der Waals surface area contributed by atoms with Crippen LogP contribution in [0.3, 0.4) is 0 Å². The number of carbonyl (C=O) groups excluding carboxylic acids is 3. The molecule has 6 nitrogen and oxygen atoms in total. The van der Waals surface area contributed by atoms with Gasteiger partial charge in [0.1, 0.15) is 13.2 Å². The molecule has 0 N–H and O–H groups in total. The van der Waals surface area contributed by atoms with Crippen LogP contribution in [0.25, 0.3) is 0 Å². The third kappa shape index (κ3) is 55.5. The minimum Gasteiger partial charge on any atom is -0.462 e. The van der Waals surface area contributed by atoms with Gasteiger partial charge in [0.15, 0.2) is 6.10 Å². The topological polar surface area (TPSA) is 78.9 Å². The Balaban J connectivity index is 4.51. The van der Waals surface area contributed by atoms with E-state index in [4.69, 9.17) is 14.2 Å². The van der Waals surface area contributed by atoms with Crippen molar-refractivity contribution in [2.24, 2.45) is 0 Å². The highest BCUT2D eigenvalue weighted by atomic mass is 16.6. The van der Waals surface area contributed by atoms with E-state index in [1.807, 2.05) is 0 Å². The van der Waals surface area contributed by atoms with Crippen LogP contribution in [-0.4, -0.2) is 37.2 Å². The number of allylic oxidation sites excluding steroid dienone is 14. The lowest BCUT2D eigenvalue weighted by atomic mass is 10.0. The van der Waals surface area contributed by atoms with Crippen molar-refractivity contribution in [2.45, 2.75) is 290 Å². The summed E-state index contributed by atoms with van der Waals surface area (Å²) in [5.41, 5.74) is 0. The number of ether oxygens (including phenoxy) is 3. The zero-order valence-corrected chi connectivity index (χ0v) is 46.0. The monoisotopic (exact) mass is 975 g/mol. The second-order valence-corrected chi connectivity index (χ2v) is 19.6. The molecule has 0 amide bonds. The van der Waals surface area contributed by atoms with Gasteiger partial charge in [-0.15, -0.1) is 0 Å². The third-order valence-electron chi connectivity index (χ3n) is 12.6. The largest absolute Gasteiger partial charge is 0.462 e. The zero-order chi connectivity index (χ0) is 50.7. The average Bonchev–Trinajstić information content (AvgIpc) is 3.36. The fourth-order valence-corrected chi connectivity index (χ4v) is 8.16. The fourth-order valence-electron chi connectivity index (χ4n) is 8.16. The molecular formula is C64H110O6. The van der Waals surface area contributed by atoms with Gasteiger partial charge in [-0.25, -0.2) is 0 Å². The van der Waals surface area contributed by atoms with Crippen LogP contribution >= 0.6 is 0 Å². The van der Waals surface area contributed by atoms with Gasteiger partial charge < -0.3 is 14.2 Å². The molecule has 0 spiro atoms. The lowest BCUT2D eigenvalue weighted by Crippen LogP contribution is -2.30. The standard InChI is InChI=1S/C64H110O6/c1-4-7-10-13-16-19-22-25-28-31-34-36-39-42-45-48-51-54-57-63(66)69-60-61(70-64(67)58-55-52-49-46-43-40-37-33-30-27-24-21-18-15-12-9-6-3)59-68-62(65)56-53-50-47-44-41-38-35-32-29-26-23-20-17-14-11-8-5-2/h18,21,26-27,29-30,35,37-38,40,44,46-47,49,61H,4-17,19-20,22-25,28,31-34,36,39,41-43,45,48,50-60H2,1-3H3/b21-18-,29-26-,30-27-,38-35-,40-37-,47-44-,49-46-. The number of esters is 3. The summed E-state index contributed by atoms with van der Waals surface area (Å²) in [5, 5.41) is 0. The molecule has 0 aliphatic rings. The molecule has 0 heterocycles. The molecule has 1 unspecified atom stereocenters. The highest BCUT2D eigenvalue weighted by Crippen LogP contribution is 2.16. The molecule has 0 aromatic rings. The molecule has 0 radical (unpaired) electrons. The van der Waals surface area contributed by atoms with E-state index in [1.54, 1.807) is 0 Å². The number of hydrogen-bond acceptors (Lipinski definition) is 6. The third-order valence-corrected chi connectivity index (χ3v) is 12.6. The van der Waals surface area contributed by atoms with Crippen molar-refractivity contribution >= 4 is 17.9 Å². The minimum atomic E-state index is -0.825. The molecule has 70 heavy (non-hydrogen) atoms. The Morgan fingerprint density at radius 3 is 0.886 bits per heavy atom. The average molecular weight is 976 g/mol. The second kappa shape index (κ2) is 58.2. The molecule has 0 aliphatic heterocycles. The fraction of sp³-hybridized carbons (Fsp3) is 0.734. The van der Waals surface area contributed by atoms with Crippen molar-refractivity contribution in [1.29, 1.82) is 0 Å². The SMILES string of the molecule is CCCCC/C=C\C/C=C\C/C=C\C/C=C\CCCC(=O)OC(COC(=O)CCC/C=C\C/C=C\C/C=C\CCCCCCCC)COC(=O)CCCCCCCCCCCCCCCCCCCC. The first kappa shape index (κ1) is 66.6. The van der Waals surface area contributed by atoms with Gasteiger partial charge in [-0.1, -0.05) is 260 Å². The van der Waals surface area contributed by atoms with Gasteiger partial charge in [0, 0.05) is 19.3 Å².